The van der Waals surface area contributed by atoms with E-state index < -0.39 is 0 Å². The highest BCUT2D eigenvalue weighted by atomic mass is 35.5. The molecular weight excluding hydrogens is 262 g/mol. The Morgan fingerprint density at radius 1 is 1.37 bits per heavy atom. The summed E-state index contributed by atoms with van der Waals surface area (Å²) in [6.45, 7) is 2.73. The number of nitrogens with zero attached hydrogens (tertiary/aromatic N) is 1. The van der Waals surface area contributed by atoms with Gasteiger partial charge in [-0.1, -0.05) is 23.7 Å². The molecule has 0 spiro atoms. The molecule has 2 heterocycles. The van der Waals surface area contributed by atoms with Gasteiger partial charge in [0.1, 0.15) is 0 Å². The lowest BCUT2D eigenvalue weighted by atomic mass is 9.94. The number of benzene rings is 1. The van der Waals surface area contributed by atoms with Gasteiger partial charge < -0.3 is 15.5 Å². The van der Waals surface area contributed by atoms with Gasteiger partial charge in [0, 0.05) is 19.1 Å². The smallest absolute Gasteiger partial charge is 0.321 e. The van der Waals surface area contributed by atoms with E-state index in [2.05, 4.69) is 10.6 Å². The molecule has 0 radical (unpaired) electrons. The van der Waals surface area contributed by atoms with Gasteiger partial charge in [0.15, 0.2) is 0 Å². The van der Waals surface area contributed by atoms with Gasteiger partial charge in [-0.05, 0) is 37.4 Å². The first kappa shape index (κ1) is 12.8. The molecule has 2 atom stereocenters. The van der Waals surface area contributed by atoms with Crippen LogP contribution in [-0.4, -0.2) is 36.6 Å². The molecule has 1 aromatic carbocycles. The minimum atomic E-state index is -0.0431. The van der Waals surface area contributed by atoms with Gasteiger partial charge in [-0.2, -0.15) is 0 Å². The second-order valence-electron chi connectivity index (χ2n) is 5.25. The van der Waals surface area contributed by atoms with Gasteiger partial charge in [0.2, 0.25) is 0 Å². The first-order valence-electron chi connectivity index (χ1n) is 6.78. The minimum absolute atomic E-state index is 0.0431. The summed E-state index contributed by atoms with van der Waals surface area (Å²) in [7, 11) is 0. The first-order valence-corrected chi connectivity index (χ1v) is 7.15. The van der Waals surface area contributed by atoms with E-state index in [1.54, 1.807) is 6.07 Å². The van der Waals surface area contributed by atoms with E-state index in [1.807, 2.05) is 23.1 Å². The number of piperidine rings is 1. The van der Waals surface area contributed by atoms with Crippen LogP contribution < -0.4 is 10.6 Å². The molecule has 2 fully saturated rings. The zero-order valence-corrected chi connectivity index (χ0v) is 11.5. The Balaban J connectivity index is 1.63. The SMILES string of the molecule is O=C(Nc1ccccc1Cl)N1CCC2NCCC2C1. The van der Waals surface area contributed by atoms with Crippen molar-refractivity contribution < 1.29 is 4.79 Å². The Hall–Kier alpha value is -1.26. The first-order chi connectivity index (χ1) is 9.24. The van der Waals surface area contributed by atoms with Crippen LogP contribution in [0.4, 0.5) is 10.5 Å². The number of urea groups is 1. The average molecular weight is 280 g/mol. The van der Waals surface area contributed by atoms with Crippen molar-refractivity contribution in [2.24, 2.45) is 5.92 Å². The highest BCUT2D eigenvalue weighted by Crippen LogP contribution is 2.26. The van der Waals surface area contributed by atoms with Crippen molar-refractivity contribution in [2.45, 2.75) is 18.9 Å². The number of rotatable bonds is 1. The number of para-hydroxylation sites is 1. The summed E-state index contributed by atoms with van der Waals surface area (Å²) in [6, 6.07) is 7.89. The van der Waals surface area contributed by atoms with Crippen molar-refractivity contribution in [3.8, 4) is 0 Å². The molecule has 5 heteroatoms. The molecule has 1 aromatic rings. The standard InChI is InChI=1S/C14H18ClN3O/c15-11-3-1-2-4-13(11)17-14(19)18-8-6-12-10(9-18)5-7-16-12/h1-4,10,12,16H,5-9H2,(H,17,19). The average Bonchev–Trinajstić information content (AvgIpc) is 2.88. The predicted octanol–water partition coefficient (Wildman–Crippen LogP) is 2.56. The van der Waals surface area contributed by atoms with Crippen LogP contribution in [-0.2, 0) is 0 Å². The summed E-state index contributed by atoms with van der Waals surface area (Å²) in [5.74, 6) is 0.603. The van der Waals surface area contributed by atoms with Gasteiger partial charge in [-0.25, -0.2) is 4.79 Å². The third kappa shape index (κ3) is 2.69. The molecule has 4 nitrogen and oxygen atoms in total. The number of nitrogens with one attached hydrogen (secondary N) is 2. The summed E-state index contributed by atoms with van der Waals surface area (Å²) in [5, 5.41) is 6.97. The van der Waals surface area contributed by atoms with Crippen LogP contribution in [0.25, 0.3) is 0 Å². The van der Waals surface area contributed by atoms with Crippen LogP contribution >= 0.6 is 11.6 Å². The minimum Gasteiger partial charge on any atom is -0.324 e. The van der Waals surface area contributed by atoms with Crippen molar-refractivity contribution in [3.05, 3.63) is 29.3 Å². The van der Waals surface area contributed by atoms with Crippen LogP contribution in [0.1, 0.15) is 12.8 Å². The van der Waals surface area contributed by atoms with Gasteiger partial charge in [-0.15, -0.1) is 0 Å². The summed E-state index contributed by atoms with van der Waals surface area (Å²) in [5.41, 5.74) is 0.681. The lowest BCUT2D eigenvalue weighted by molar-refractivity contribution is 0.170. The van der Waals surface area contributed by atoms with E-state index in [0.29, 0.717) is 22.7 Å². The number of likely N-dealkylation sites (tertiary alicyclic amines) is 1. The Morgan fingerprint density at radius 3 is 3.05 bits per heavy atom. The highest BCUT2D eigenvalue weighted by Gasteiger charge is 2.34. The van der Waals surface area contributed by atoms with Gasteiger partial charge in [0.25, 0.3) is 0 Å². The zero-order chi connectivity index (χ0) is 13.2. The molecule has 2 amide bonds. The van der Waals surface area contributed by atoms with Gasteiger partial charge in [0.05, 0.1) is 10.7 Å². The highest BCUT2D eigenvalue weighted by molar-refractivity contribution is 6.33. The van der Waals surface area contributed by atoms with E-state index in [0.717, 1.165) is 26.1 Å². The number of carbonyl (C=O) groups is 1. The second kappa shape index (κ2) is 5.39. The second-order valence-corrected chi connectivity index (χ2v) is 5.66. The normalized spacial score (nSPS) is 26.1. The fourth-order valence-corrected chi connectivity index (χ4v) is 3.17. The van der Waals surface area contributed by atoms with Crippen molar-refractivity contribution >= 4 is 23.3 Å². The molecule has 2 unspecified atom stereocenters. The van der Waals surface area contributed by atoms with Crippen molar-refractivity contribution in [1.82, 2.24) is 10.2 Å². The van der Waals surface area contributed by atoms with E-state index >= 15 is 0 Å². The summed E-state index contributed by atoms with van der Waals surface area (Å²) >= 11 is 6.05. The Kier molecular flexibility index (Phi) is 3.62. The molecule has 102 valence electrons. The third-order valence-corrected chi connectivity index (χ3v) is 4.39. The number of halogens is 1. The number of hydrogen-bond donors (Lipinski definition) is 2. The monoisotopic (exact) mass is 279 g/mol. The number of carbonyl (C=O) groups excluding carboxylic acids is 1. The Bertz CT molecular complexity index is 480. The lowest BCUT2D eigenvalue weighted by Gasteiger charge is -2.34. The lowest BCUT2D eigenvalue weighted by Crippen LogP contribution is -2.48. The fourth-order valence-electron chi connectivity index (χ4n) is 2.99. The van der Waals surface area contributed by atoms with Crippen LogP contribution in [0.2, 0.25) is 5.02 Å². The Morgan fingerprint density at radius 2 is 2.21 bits per heavy atom. The largest absolute Gasteiger partial charge is 0.324 e. The van der Waals surface area contributed by atoms with Crippen LogP contribution in [0.15, 0.2) is 24.3 Å². The van der Waals surface area contributed by atoms with Crippen molar-refractivity contribution in [3.63, 3.8) is 0 Å². The third-order valence-electron chi connectivity index (χ3n) is 4.06. The quantitative estimate of drug-likeness (QED) is 0.830. The fraction of sp³-hybridized carbons (Fsp3) is 0.500. The molecule has 0 aliphatic carbocycles. The van der Waals surface area contributed by atoms with Gasteiger partial charge in [-0.3, -0.25) is 0 Å². The number of hydrogen-bond acceptors (Lipinski definition) is 2. The molecule has 0 bridgehead atoms. The van der Waals surface area contributed by atoms with E-state index in [1.165, 1.54) is 6.42 Å². The number of amides is 2. The summed E-state index contributed by atoms with van der Waals surface area (Å²) < 4.78 is 0. The number of anilines is 1. The molecule has 0 aromatic heterocycles. The van der Waals surface area contributed by atoms with Crippen LogP contribution in [0.5, 0.6) is 0 Å². The van der Waals surface area contributed by atoms with E-state index in [9.17, 15) is 4.79 Å². The zero-order valence-electron chi connectivity index (χ0n) is 10.7. The Labute approximate surface area is 118 Å². The molecular formula is C14H18ClN3O. The van der Waals surface area contributed by atoms with E-state index in [-0.39, 0.29) is 6.03 Å². The molecule has 0 saturated carbocycles. The maximum Gasteiger partial charge on any atom is 0.321 e. The van der Waals surface area contributed by atoms with Crippen LogP contribution in [0, 0.1) is 5.92 Å². The summed E-state index contributed by atoms with van der Waals surface area (Å²) in [4.78, 5) is 14.1. The van der Waals surface area contributed by atoms with Gasteiger partial charge >= 0.3 is 6.03 Å². The molecule has 2 N–H and O–H groups in total. The number of fused-ring (bicyclic) bond motifs is 1. The topological polar surface area (TPSA) is 44.4 Å². The summed E-state index contributed by atoms with van der Waals surface area (Å²) in [6.07, 6.45) is 2.21. The van der Waals surface area contributed by atoms with Crippen molar-refractivity contribution in [1.29, 1.82) is 0 Å². The maximum atomic E-state index is 12.2. The molecule has 19 heavy (non-hydrogen) atoms. The molecule has 2 saturated heterocycles. The van der Waals surface area contributed by atoms with E-state index in [4.69, 9.17) is 11.6 Å². The predicted molar refractivity (Wildman–Crippen MR) is 76.6 cm³/mol. The maximum absolute atomic E-state index is 12.2. The molecule has 2 aliphatic heterocycles. The molecule has 2 aliphatic rings. The molecule has 3 rings (SSSR count). The van der Waals surface area contributed by atoms with Crippen molar-refractivity contribution in [2.75, 3.05) is 25.0 Å². The van der Waals surface area contributed by atoms with Crippen LogP contribution in [0.3, 0.4) is 0 Å².